The molecule has 0 bridgehead atoms. The Morgan fingerprint density at radius 1 is 0.885 bits per heavy atom. The lowest BCUT2D eigenvalue weighted by Gasteiger charge is -2.16. The summed E-state index contributed by atoms with van der Waals surface area (Å²) in [5.41, 5.74) is -3.83. The van der Waals surface area contributed by atoms with Gasteiger partial charge in [0.05, 0.1) is 7.11 Å². The minimum Gasteiger partial charge on any atom is -0.497 e. The molecular formula is C15H9F7N2OS. The van der Waals surface area contributed by atoms with Crippen LogP contribution in [-0.2, 0) is 6.18 Å². The van der Waals surface area contributed by atoms with Gasteiger partial charge in [0.1, 0.15) is 17.0 Å². The summed E-state index contributed by atoms with van der Waals surface area (Å²) in [6.45, 7) is 0. The highest BCUT2D eigenvalue weighted by molar-refractivity contribution is 7.80. The van der Waals surface area contributed by atoms with Gasteiger partial charge in [-0.1, -0.05) is 0 Å². The van der Waals surface area contributed by atoms with Gasteiger partial charge in [-0.15, -0.1) is 0 Å². The van der Waals surface area contributed by atoms with Crippen LogP contribution in [0.4, 0.5) is 42.1 Å². The van der Waals surface area contributed by atoms with Crippen molar-refractivity contribution >= 4 is 28.7 Å². The monoisotopic (exact) mass is 398 g/mol. The average molecular weight is 398 g/mol. The SMILES string of the molecule is COc1ccc(NC(=S)Nc2c(F)c(F)c(C(F)(F)F)c(F)c2F)cc1. The fraction of sp³-hybridized carbons (Fsp3) is 0.133. The zero-order valence-electron chi connectivity index (χ0n) is 12.8. The standard InChI is InChI=1S/C15H9F7N2OS/c1-25-7-4-2-6(3-5-7)23-14(26)24-13-11(18)9(16)8(15(20,21)22)10(17)12(13)19/h2-5H,1H3,(H2,23,24,26). The van der Waals surface area contributed by atoms with Crippen molar-refractivity contribution in [1.82, 2.24) is 0 Å². The molecule has 0 aliphatic rings. The van der Waals surface area contributed by atoms with Crippen LogP contribution in [0.15, 0.2) is 24.3 Å². The third-order valence-electron chi connectivity index (χ3n) is 3.13. The number of alkyl halides is 3. The van der Waals surface area contributed by atoms with Crippen molar-refractivity contribution in [1.29, 1.82) is 0 Å². The molecule has 2 rings (SSSR count). The minimum absolute atomic E-state index is 0.317. The van der Waals surface area contributed by atoms with Crippen LogP contribution < -0.4 is 15.4 Å². The highest BCUT2D eigenvalue weighted by atomic mass is 32.1. The van der Waals surface area contributed by atoms with E-state index in [1.807, 2.05) is 5.32 Å². The number of ether oxygens (including phenoxy) is 1. The van der Waals surface area contributed by atoms with Crippen LogP contribution in [0.5, 0.6) is 5.75 Å². The van der Waals surface area contributed by atoms with Crippen LogP contribution in [0.1, 0.15) is 5.56 Å². The second-order valence-corrected chi connectivity index (χ2v) is 5.22. The van der Waals surface area contributed by atoms with E-state index in [9.17, 15) is 30.7 Å². The lowest BCUT2D eigenvalue weighted by molar-refractivity contribution is -0.143. The number of rotatable bonds is 3. The molecule has 0 saturated carbocycles. The zero-order valence-corrected chi connectivity index (χ0v) is 13.6. The Balaban J connectivity index is 2.30. The molecule has 0 unspecified atom stereocenters. The smallest absolute Gasteiger partial charge is 0.422 e. The van der Waals surface area contributed by atoms with Crippen LogP contribution in [0.2, 0.25) is 0 Å². The van der Waals surface area contributed by atoms with Crippen molar-refractivity contribution in [2.24, 2.45) is 0 Å². The molecule has 0 radical (unpaired) electrons. The van der Waals surface area contributed by atoms with Crippen molar-refractivity contribution < 1.29 is 35.5 Å². The summed E-state index contributed by atoms with van der Waals surface area (Å²) < 4.78 is 97.2. The Kier molecular flexibility index (Phi) is 5.59. The van der Waals surface area contributed by atoms with E-state index in [4.69, 9.17) is 17.0 Å². The van der Waals surface area contributed by atoms with Crippen LogP contribution in [0, 0.1) is 23.3 Å². The van der Waals surface area contributed by atoms with Gasteiger partial charge in [0.15, 0.2) is 28.4 Å². The van der Waals surface area contributed by atoms with Gasteiger partial charge in [-0.3, -0.25) is 0 Å². The fourth-order valence-electron chi connectivity index (χ4n) is 1.94. The maximum atomic E-state index is 13.8. The van der Waals surface area contributed by atoms with E-state index in [-0.39, 0.29) is 0 Å². The van der Waals surface area contributed by atoms with Crippen LogP contribution in [-0.4, -0.2) is 12.2 Å². The average Bonchev–Trinajstić information content (AvgIpc) is 2.56. The summed E-state index contributed by atoms with van der Waals surface area (Å²) >= 11 is 4.74. The van der Waals surface area contributed by atoms with E-state index >= 15 is 0 Å². The normalized spacial score (nSPS) is 11.2. The molecule has 0 aliphatic carbocycles. The van der Waals surface area contributed by atoms with Gasteiger partial charge in [0.2, 0.25) is 0 Å². The lowest BCUT2D eigenvalue weighted by Crippen LogP contribution is -2.23. The third kappa shape index (κ3) is 3.98. The van der Waals surface area contributed by atoms with Crippen molar-refractivity contribution in [2.75, 3.05) is 17.7 Å². The predicted molar refractivity (Wildman–Crippen MR) is 84.1 cm³/mol. The molecule has 0 aliphatic heterocycles. The first kappa shape index (κ1) is 19.8. The highest BCUT2D eigenvalue weighted by Gasteiger charge is 2.42. The number of thiocarbonyl (C=S) groups is 1. The quantitative estimate of drug-likeness (QED) is 0.429. The molecular weight excluding hydrogens is 389 g/mol. The minimum atomic E-state index is -5.61. The molecule has 140 valence electrons. The first-order valence-electron chi connectivity index (χ1n) is 6.71. The zero-order chi connectivity index (χ0) is 19.6. The van der Waals surface area contributed by atoms with Crippen LogP contribution >= 0.6 is 12.2 Å². The van der Waals surface area contributed by atoms with Gasteiger partial charge in [0.25, 0.3) is 0 Å². The van der Waals surface area contributed by atoms with Gasteiger partial charge < -0.3 is 15.4 Å². The maximum Gasteiger partial charge on any atom is 0.422 e. The van der Waals surface area contributed by atoms with Gasteiger partial charge in [-0.2, -0.15) is 13.2 Å². The molecule has 0 fully saturated rings. The Labute approximate surface area is 147 Å². The lowest BCUT2D eigenvalue weighted by atomic mass is 10.1. The van der Waals surface area contributed by atoms with Crippen LogP contribution in [0.3, 0.4) is 0 Å². The molecule has 11 heteroatoms. The van der Waals surface area contributed by atoms with Gasteiger partial charge in [0, 0.05) is 5.69 Å². The number of nitrogens with one attached hydrogen (secondary N) is 2. The predicted octanol–water partition coefficient (Wildman–Crippen LogP) is 5.08. The van der Waals surface area contributed by atoms with Crippen molar-refractivity contribution in [3.05, 3.63) is 53.1 Å². The number of benzene rings is 2. The summed E-state index contributed by atoms with van der Waals surface area (Å²) in [5, 5.41) is 3.74. The summed E-state index contributed by atoms with van der Waals surface area (Å²) in [6.07, 6.45) is -5.61. The molecule has 0 amide bonds. The Hall–Kier alpha value is -2.56. The van der Waals surface area contributed by atoms with E-state index in [0.29, 0.717) is 11.4 Å². The highest BCUT2D eigenvalue weighted by Crippen LogP contribution is 2.38. The number of methoxy groups -OCH3 is 1. The van der Waals surface area contributed by atoms with Crippen molar-refractivity contribution in [3.63, 3.8) is 0 Å². The third-order valence-corrected chi connectivity index (χ3v) is 3.34. The number of hydrogen-bond acceptors (Lipinski definition) is 2. The van der Waals surface area contributed by atoms with E-state index in [1.54, 1.807) is 0 Å². The maximum absolute atomic E-state index is 13.8. The summed E-state index contributed by atoms with van der Waals surface area (Å²) in [6, 6.07) is 5.97. The molecule has 2 N–H and O–H groups in total. The first-order valence-corrected chi connectivity index (χ1v) is 7.12. The summed E-state index contributed by atoms with van der Waals surface area (Å²) in [4.78, 5) is 0. The Bertz CT molecular complexity index is 808. The first-order chi connectivity index (χ1) is 12.1. The topological polar surface area (TPSA) is 33.3 Å². The summed E-state index contributed by atoms with van der Waals surface area (Å²) in [5.74, 6) is -9.17. The summed E-state index contributed by atoms with van der Waals surface area (Å²) in [7, 11) is 1.42. The van der Waals surface area contributed by atoms with E-state index in [0.717, 1.165) is 0 Å². The Morgan fingerprint density at radius 2 is 1.38 bits per heavy atom. The fourth-order valence-corrected chi connectivity index (χ4v) is 2.16. The molecule has 2 aromatic carbocycles. The largest absolute Gasteiger partial charge is 0.497 e. The second-order valence-electron chi connectivity index (χ2n) is 4.81. The van der Waals surface area contributed by atoms with Gasteiger partial charge in [-0.25, -0.2) is 17.6 Å². The molecule has 2 aromatic rings. The van der Waals surface area contributed by atoms with Crippen molar-refractivity contribution in [3.8, 4) is 5.75 Å². The van der Waals surface area contributed by atoms with Gasteiger partial charge >= 0.3 is 6.18 Å². The molecule has 26 heavy (non-hydrogen) atoms. The molecule has 3 nitrogen and oxygen atoms in total. The van der Waals surface area contributed by atoms with Crippen LogP contribution in [0.25, 0.3) is 0 Å². The van der Waals surface area contributed by atoms with Crippen molar-refractivity contribution in [2.45, 2.75) is 6.18 Å². The molecule has 0 aromatic heterocycles. The van der Waals surface area contributed by atoms with E-state index < -0.39 is 45.8 Å². The number of anilines is 2. The molecule has 0 spiro atoms. The van der Waals surface area contributed by atoms with Gasteiger partial charge in [-0.05, 0) is 36.5 Å². The molecule has 0 heterocycles. The number of halogens is 7. The van der Waals surface area contributed by atoms with E-state index in [1.165, 1.54) is 31.4 Å². The Morgan fingerprint density at radius 3 is 1.81 bits per heavy atom. The number of hydrogen-bond donors (Lipinski definition) is 2. The van der Waals surface area contributed by atoms with E-state index in [2.05, 4.69) is 5.32 Å². The molecule has 0 saturated heterocycles. The molecule has 0 atom stereocenters. The second kappa shape index (κ2) is 7.36.